The van der Waals surface area contributed by atoms with Crippen molar-refractivity contribution in [3.63, 3.8) is 0 Å². The van der Waals surface area contributed by atoms with Crippen molar-refractivity contribution >= 4 is 17.2 Å². The summed E-state index contributed by atoms with van der Waals surface area (Å²) < 4.78 is 21.4. The molecule has 4 atom stereocenters. The summed E-state index contributed by atoms with van der Waals surface area (Å²) in [6.07, 6.45) is 4.88. The standard InChI is InChI=1S/C31H40FN7O2/c1-20-13-36(25(12-33-20)14-37-15-26-9-8-24(37)17-41-26)16-28(40)38-18-31(2,3)29-27(38)11-22(30-34-19-35-39(29)30)10-21-4-6-23(32)7-5-21/h4-7,11,19-20,24-26,33H,8-10,12-18H2,1-3H3/t20-,24?,25-,26?/m1/s1. The molecule has 2 bridgehead atoms. The van der Waals surface area contributed by atoms with Crippen molar-refractivity contribution in [3.05, 3.63) is 59.3 Å². The number of ether oxygens (including phenoxy) is 1. The third-order valence-corrected chi connectivity index (χ3v) is 9.51. The number of amides is 1. The second-order valence-corrected chi connectivity index (χ2v) is 13.1. The topological polar surface area (TPSA) is 78.2 Å². The second-order valence-electron chi connectivity index (χ2n) is 13.1. The molecule has 0 saturated carbocycles. The van der Waals surface area contributed by atoms with Gasteiger partial charge in [-0.1, -0.05) is 26.0 Å². The van der Waals surface area contributed by atoms with E-state index in [1.807, 2.05) is 9.42 Å². The Morgan fingerprint density at radius 2 is 2.00 bits per heavy atom. The Kier molecular flexibility index (Phi) is 6.84. The van der Waals surface area contributed by atoms with Crippen LogP contribution in [0.25, 0.3) is 5.65 Å². The highest BCUT2D eigenvalue weighted by molar-refractivity contribution is 5.97. The number of rotatable bonds is 6. The van der Waals surface area contributed by atoms with Gasteiger partial charge < -0.3 is 15.0 Å². The first-order chi connectivity index (χ1) is 19.7. The number of piperidine rings is 1. The number of pyridine rings is 1. The molecule has 1 N–H and O–H groups in total. The zero-order valence-electron chi connectivity index (χ0n) is 24.2. The van der Waals surface area contributed by atoms with Gasteiger partial charge in [0.2, 0.25) is 5.91 Å². The summed E-state index contributed by atoms with van der Waals surface area (Å²) in [4.78, 5) is 25.7. The molecule has 4 saturated heterocycles. The maximum atomic E-state index is 14.2. The normalized spacial score (nSPS) is 28.0. The number of nitrogens with zero attached hydrogens (tertiary/aromatic N) is 6. The Labute approximate surface area is 240 Å². The monoisotopic (exact) mass is 561 g/mol. The van der Waals surface area contributed by atoms with Crippen molar-refractivity contribution in [2.24, 2.45) is 0 Å². The highest BCUT2D eigenvalue weighted by Gasteiger charge is 2.43. The Morgan fingerprint density at radius 1 is 1.17 bits per heavy atom. The van der Waals surface area contributed by atoms with E-state index in [9.17, 15) is 9.18 Å². The number of hydrogen-bond acceptors (Lipinski definition) is 7. The maximum Gasteiger partial charge on any atom is 0.241 e. The Balaban J connectivity index is 1.16. The van der Waals surface area contributed by atoms with Gasteiger partial charge >= 0.3 is 0 Å². The number of halogens is 1. The van der Waals surface area contributed by atoms with Crippen LogP contribution >= 0.6 is 0 Å². The van der Waals surface area contributed by atoms with E-state index in [0.717, 1.165) is 67.4 Å². The summed E-state index contributed by atoms with van der Waals surface area (Å²) >= 11 is 0. The molecule has 9 nitrogen and oxygen atoms in total. The molecule has 0 spiro atoms. The van der Waals surface area contributed by atoms with Crippen LogP contribution < -0.4 is 10.2 Å². The highest BCUT2D eigenvalue weighted by atomic mass is 19.1. The summed E-state index contributed by atoms with van der Waals surface area (Å²) in [6, 6.07) is 9.77. The van der Waals surface area contributed by atoms with Gasteiger partial charge in [0.25, 0.3) is 0 Å². The quantitative estimate of drug-likeness (QED) is 0.496. The molecule has 1 aromatic carbocycles. The van der Waals surface area contributed by atoms with Crippen molar-refractivity contribution in [3.8, 4) is 0 Å². The van der Waals surface area contributed by atoms with Gasteiger partial charge in [-0.05, 0) is 43.5 Å². The van der Waals surface area contributed by atoms with Crippen LogP contribution in [0.1, 0.15) is 50.4 Å². The number of anilines is 1. The van der Waals surface area contributed by atoms with Crippen LogP contribution in [-0.2, 0) is 21.4 Å². The lowest BCUT2D eigenvalue weighted by molar-refractivity contribution is -0.123. The number of hydrogen-bond donors (Lipinski definition) is 1. The third-order valence-electron chi connectivity index (χ3n) is 9.51. The first-order valence-electron chi connectivity index (χ1n) is 15.0. The molecule has 2 aromatic heterocycles. The van der Waals surface area contributed by atoms with Crippen LogP contribution in [0.3, 0.4) is 0 Å². The predicted octanol–water partition coefficient (Wildman–Crippen LogP) is 2.61. The van der Waals surface area contributed by atoms with Crippen molar-refractivity contribution in [2.45, 2.75) is 69.7 Å². The smallest absolute Gasteiger partial charge is 0.241 e. The molecule has 41 heavy (non-hydrogen) atoms. The summed E-state index contributed by atoms with van der Waals surface area (Å²) in [5.41, 5.74) is 4.37. The minimum absolute atomic E-state index is 0.117. The zero-order chi connectivity index (χ0) is 28.3. The van der Waals surface area contributed by atoms with Crippen LogP contribution in [0.2, 0.25) is 0 Å². The van der Waals surface area contributed by atoms with Crippen LogP contribution in [0.5, 0.6) is 0 Å². The summed E-state index contributed by atoms with van der Waals surface area (Å²) in [6.45, 7) is 12.0. The summed E-state index contributed by atoms with van der Waals surface area (Å²) in [7, 11) is 0. The molecule has 5 aliphatic heterocycles. The van der Waals surface area contributed by atoms with E-state index < -0.39 is 0 Å². The molecule has 2 unspecified atom stereocenters. The molecule has 8 rings (SSSR count). The maximum absolute atomic E-state index is 14.2. The first kappa shape index (κ1) is 26.9. The number of morpholine rings is 1. The van der Waals surface area contributed by atoms with Crippen molar-refractivity contribution in [1.82, 2.24) is 29.7 Å². The average molecular weight is 562 g/mol. The van der Waals surface area contributed by atoms with E-state index in [2.05, 4.69) is 52.0 Å². The first-order valence-corrected chi connectivity index (χ1v) is 15.0. The predicted molar refractivity (Wildman–Crippen MR) is 155 cm³/mol. The van der Waals surface area contributed by atoms with Crippen LogP contribution in [0.4, 0.5) is 10.1 Å². The SMILES string of the molecule is C[C@@H]1CN(CC(=O)N2CC(C)(C)c3c2cc(Cc2ccc(F)cc2)c2ncnn32)[C@@H](CN2CC3CCC2CO3)CN1. The van der Waals surface area contributed by atoms with Gasteiger partial charge in [-0.15, -0.1) is 0 Å². The number of piperazine rings is 1. The molecule has 7 heterocycles. The minimum atomic E-state index is -0.283. The van der Waals surface area contributed by atoms with E-state index in [1.165, 1.54) is 18.6 Å². The Morgan fingerprint density at radius 3 is 2.73 bits per heavy atom. The lowest BCUT2D eigenvalue weighted by Crippen LogP contribution is -2.64. The number of aromatic nitrogens is 3. The van der Waals surface area contributed by atoms with E-state index in [1.54, 1.807) is 18.5 Å². The molecule has 4 fully saturated rings. The summed E-state index contributed by atoms with van der Waals surface area (Å²) in [5, 5.41) is 8.24. The van der Waals surface area contributed by atoms with Crippen molar-refractivity contribution in [1.29, 1.82) is 0 Å². The third kappa shape index (κ3) is 5.05. The molecule has 0 aliphatic carbocycles. The molecule has 218 valence electrons. The molecule has 5 aliphatic rings. The van der Waals surface area contributed by atoms with Crippen LogP contribution in [0.15, 0.2) is 36.7 Å². The van der Waals surface area contributed by atoms with E-state index >= 15 is 0 Å². The van der Waals surface area contributed by atoms with E-state index in [0.29, 0.717) is 37.7 Å². The Bertz CT molecular complexity index is 1430. The highest BCUT2D eigenvalue weighted by Crippen LogP contribution is 2.42. The van der Waals surface area contributed by atoms with Gasteiger partial charge in [0.1, 0.15) is 12.1 Å². The van der Waals surface area contributed by atoms with Crippen LogP contribution in [-0.4, -0.2) is 100 Å². The fraction of sp³-hybridized carbons (Fsp3) is 0.581. The number of nitrogens with one attached hydrogen (secondary N) is 1. The molecule has 1 amide bonds. The van der Waals surface area contributed by atoms with E-state index in [-0.39, 0.29) is 23.2 Å². The van der Waals surface area contributed by atoms with Crippen molar-refractivity contribution in [2.75, 3.05) is 50.8 Å². The van der Waals surface area contributed by atoms with Crippen molar-refractivity contribution < 1.29 is 13.9 Å². The van der Waals surface area contributed by atoms with Gasteiger partial charge in [-0.3, -0.25) is 14.6 Å². The zero-order valence-corrected chi connectivity index (χ0v) is 24.2. The molecular formula is C31H40FN7O2. The molecule has 3 aromatic rings. The number of fused-ring (bicyclic) bond motifs is 6. The van der Waals surface area contributed by atoms with Crippen LogP contribution in [0, 0.1) is 5.82 Å². The lowest BCUT2D eigenvalue weighted by Gasteiger charge is -2.48. The largest absolute Gasteiger partial charge is 0.375 e. The second kappa shape index (κ2) is 10.4. The molecule has 10 heteroatoms. The number of carbonyl (C=O) groups excluding carboxylic acids is 1. The van der Waals surface area contributed by atoms with Gasteiger partial charge in [-0.25, -0.2) is 13.9 Å². The van der Waals surface area contributed by atoms with Gasteiger partial charge in [-0.2, -0.15) is 5.10 Å². The lowest BCUT2D eigenvalue weighted by atomic mass is 9.90. The minimum Gasteiger partial charge on any atom is -0.375 e. The van der Waals surface area contributed by atoms with Gasteiger partial charge in [0, 0.05) is 68.2 Å². The molecular weight excluding hydrogens is 521 g/mol. The summed E-state index contributed by atoms with van der Waals surface area (Å²) in [5.74, 6) is -0.137. The number of benzene rings is 1. The fourth-order valence-electron chi connectivity index (χ4n) is 7.39. The Hall–Kier alpha value is -2.92. The molecule has 0 radical (unpaired) electrons. The fourth-order valence-corrected chi connectivity index (χ4v) is 7.39. The van der Waals surface area contributed by atoms with E-state index in [4.69, 9.17) is 4.74 Å². The average Bonchev–Trinajstić information content (AvgIpc) is 3.54. The number of carbonyl (C=O) groups is 1. The van der Waals surface area contributed by atoms with Gasteiger partial charge in [0.05, 0.1) is 30.6 Å². The van der Waals surface area contributed by atoms with Gasteiger partial charge in [0.15, 0.2) is 5.65 Å².